The van der Waals surface area contributed by atoms with Crippen LogP contribution in [0.1, 0.15) is 39.0 Å². The minimum atomic E-state index is -1.69. The molecule has 14 heteroatoms. The third kappa shape index (κ3) is 11.0. The summed E-state index contributed by atoms with van der Waals surface area (Å²) >= 11 is 0. The van der Waals surface area contributed by atoms with Crippen LogP contribution in [0.2, 0.25) is 0 Å². The van der Waals surface area contributed by atoms with Gasteiger partial charge in [-0.15, -0.1) is 0 Å². The Bertz CT molecular complexity index is 659. The number of nitrogens with one attached hydrogen (secondary N) is 3. The summed E-state index contributed by atoms with van der Waals surface area (Å²) in [5, 5.41) is 43.3. The van der Waals surface area contributed by atoms with Crippen molar-refractivity contribution >= 4 is 29.7 Å². The molecule has 0 radical (unpaired) electrons. The molecule has 14 nitrogen and oxygen atoms in total. The molecule has 0 rings (SSSR count). The predicted molar refractivity (Wildman–Crippen MR) is 110 cm³/mol. The van der Waals surface area contributed by atoms with Crippen LogP contribution in [0.15, 0.2) is 0 Å². The Morgan fingerprint density at radius 1 is 0.875 bits per heavy atom. The van der Waals surface area contributed by atoms with Gasteiger partial charge >= 0.3 is 11.9 Å². The number of carbonyl (C=O) groups is 5. The maximum Gasteiger partial charge on any atom is 0.328 e. The normalized spacial score (nSPS) is 15.5. The van der Waals surface area contributed by atoms with Crippen molar-refractivity contribution in [2.75, 3.05) is 13.2 Å². The van der Waals surface area contributed by atoms with Crippen LogP contribution in [-0.2, 0) is 24.0 Å². The lowest BCUT2D eigenvalue weighted by molar-refractivity contribution is -0.145. The Labute approximate surface area is 184 Å². The van der Waals surface area contributed by atoms with Crippen LogP contribution in [0.5, 0.6) is 0 Å². The molecule has 0 saturated heterocycles. The van der Waals surface area contributed by atoms with Gasteiger partial charge in [-0.2, -0.15) is 0 Å². The van der Waals surface area contributed by atoms with Crippen molar-refractivity contribution < 1.29 is 44.4 Å². The summed E-state index contributed by atoms with van der Waals surface area (Å²) in [5.74, 6) is -5.46. The molecule has 0 spiro atoms. The Morgan fingerprint density at radius 3 is 1.88 bits per heavy atom. The lowest BCUT2D eigenvalue weighted by Gasteiger charge is -2.25. The molecular formula is C18H33N5O9. The van der Waals surface area contributed by atoms with Crippen molar-refractivity contribution in [1.29, 1.82) is 0 Å². The molecule has 5 atom stereocenters. The number of rotatable bonds is 16. The van der Waals surface area contributed by atoms with Crippen molar-refractivity contribution in [3.8, 4) is 0 Å². The average Bonchev–Trinajstić information content (AvgIpc) is 2.72. The number of unbranched alkanes of at least 4 members (excludes halogenated alkanes) is 1. The molecule has 0 bridgehead atoms. The Balaban J connectivity index is 5.50. The molecule has 32 heavy (non-hydrogen) atoms. The van der Waals surface area contributed by atoms with E-state index in [0.717, 1.165) is 6.92 Å². The molecule has 0 aromatic heterocycles. The molecule has 0 heterocycles. The second-order valence-corrected chi connectivity index (χ2v) is 7.19. The molecule has 0 aromatic carbocycles. The Morgan fingerprint density at radius 2 is 1.41 bits per heavy atom. The highest BCUT2D eigenvalue weighted by molar-refractivity contribution is 5.94. The summed E-state index contributed by atoms with van der Waals surface area (Å²) in [7, 11) is 0. The monoisotopic (exact) mass is 463 g/mol. The number of nitrogens with two attached hydrogens (primary N) is 2. The lowest BCUT2D eigenvalue weighted by atomic mass is 10.0. The molecule has 0 saturated carbocycles. The number of hydrogen-bond acceptors (Lipinski definition) is 9. The highest BCUT2D eigenvalue weighted by atomic mass is 16.4. The van der Waals surface area contributed by atoms with Crippen LogP contribution < -0.4 is 27.4 Å². The summed E-state index contributed by atoms with van der Waals surface area (Å²) in [5.41, 5.74) is 10.9. The minimum absolute atomic E-state index is 0.117. The summed E-state index contributed by atoms with van der Waals surface area (Å²) in [6.07, 6.45) is -1.29. The largest absolute Gasteiger partial charge is 0.481 e. The maximum atomic E-state index is 12.7. The summed E-state index contributed by atoms with van der Waals surface area (Å²) in [6, 6.07) is -5.60. The standard InChI is InChI=1S/C18H33N5O9/c1-9(25)14(18(31)32)23-17(30)12(5-6-13(26)27)22-16(29)11(4-2-3-7-19)21-15(28)10(20)8-24/h9-12,14,24-25H,2-8,19-20H2,1H3,(H,21,28)(H,22,29)(H,23,30)(H,26,27)(H,31,32). The second-order valence-electron chi connectivity index (χ2n) is 7.19. The molecule has 0 fully saturated rings. The van der Waals surface area contributed by atoms with Crippen LogP contribution in [-0.4, -0.2) is 93.5 Å². The molecule has 3 amide bonds. The van der Waals surface area contributed by atoms with Gasteiger partial charge in [0.25, 0.3) is 0 Å². The van der Waals surface area contributed by atoms with E-state index in [1.54, 1.807) is 0 Å². The fourth-order valence-corrected chi connectivity index (χ4v) is 2.57. The number of carbonyl (C=O) groups excluding carboxylic acids is 3. The quantitative estimate of drug-likeness (QED) is 0.100. The van der Waals surface area contributed by atoms with Gasteiger partial charge in [0.05, 0.1) is 12.7 Å². The van der Waals surface area contributed by atoms with E-state index in [0.29, 0.717) is 19.4 Å². The molecule has 0 aliphatic carbocycles. The fourth-order valence-electron chi connectivity index (χ4n) is 2.57. The van der Waals surface area contributed by atoms with Crippen LogP contribution in [0.25, 0.3) is 0 Å². The van der Waals surface area contributed by atoms with Crippen LogP contribution in [0.3, 0.4) is 0 Å². The number of carboxylic acid groups (broad SMARTS) is 2. The number of hydrogen-bond donors (Lipinski definition) is 9. The van der Waals surface area contributed by atoms with Crippen molar-refractivity contribution in [3.05, 3.63) is 0 Å². The Hall–Kier alpha value is -2.81. The van der Waals surface area contributed by atoms with E-state index in [-0.39, 0.29) is 12.8 Å². The number of aliphatic carboxylic acids is 2. The molecule has 5 unspecified atom stereocenters. The first kappa shape index (κ1) is 29.2. The average molecular weight is 463 g/mol. The number of aliphatic hydroxyl groups is 2. The van der Waals surface area contributed by atoms with Crippen molar-refractivity contribution in [1.82, 2.24) is 16.0 Å². The molecule has 184 valence electrons. The predicted octanol–water partition coefficient (Wildman–Crippen LogP) is -3.78. The molecule has 0 aliphatic heterocycles. The van der Waals surface area contributed by atoms with Crippen LogP contribution in [0.4, 0.5) is 0 Å². The van der Waals surface area contributed by atoms with E-state index in [1.165, 1.54) is 0 Å². The highest BCUT2D eigenvalue weighted by Gasteiger charge is 2.32. The molecule has 0 aliphatic rings. The van der Waals surface area contributed by atoms with E-state index >= 15 is 0 Å². The number of amides is 3. The van der Waals surface area contributed by atoms with Crippen LogP contribution in [0, 0.1) is 0 Å². The maximum absolute atomic E-state index is 12.7. The topological polar surface area (TPSA) is 254 Å². The number of carboxylic acids is 2. The van der Waals surface area contributed by atoms with E-state index in [1.807, 2.05) is 0 Å². The van der Waals surface area contributed by atoms with Crippen molar-refractivity contribution in [3.63, 3.8) is 0 Å². The summed E-state index contributed by atoms with van der Waals surface area (Å²) in [6.45, 7) is 0.803. The Kier molecular flexibility index (Phi) is 13.7. The van der Waals surface area contributed by atoms with E-state index in [4.69, 9.17) is 26.8 Å². The zero-order valence-electron chi connectivity index (χ0n) is 17.8. The van der Waals surface area contributed by atoms with Gasteiger partial charge in [-0.3, -0.25) is 19.2 Å². The highest BCUT2D eigenvalue weighted by Crippen LogP contribution is 2.06. The SMILES string of the molecule is CC(O)C(NC(=O)C(CCC(=O)O)NC(=O)C(CCCCN)NC(=O)C(N)CO)C(=O)O. The first-order valence-electron chi connectivity index (χ1n) is 10.0. The van der Waals surface area contributed by atoms with Gasteiger partial charge in [0.15, 0.2) is 6.04 Å². The summed E-state index contributed by atoms with van der Waals surface area (Å²) < 4.78 is 0. The molecule has 11 N–H and O–H groups in total. The second kappa shape index (κ2) is 15.1. The third-order valence-electron chi connectivity index (χ3n) is 4.44. The van der Waals surface area contributed by atoms with Gasteiger partial charge in [-0.05, 0) is 39.2 Å². The van der Waals surface area contributed by atoms with Crippen LogP contribution >= 0.6 is 0 Å². The fraction of sp³-hybridized carbons (Fsp3) is 0.722. The van der Waals surface area contributed by atoms with Gasteiger partial charge < -0.3 is 47.8 Å². The third-order valence-corrected chi connectivity index (χ3v) is 4.44. The summed E-state index contributed by atoms with van der Waals surface area (Å²) in [4.78, 5) is 59.4. The van der Waals surface area contributed by atoms with E-state index < -0.39 is 73.0 Å². The first-order valence-corrected chi connectivity index (χ1v) is 10.0. The molecular weight excluding hydrogens is 430 g/mol. The molecule has 0 aromatic rings. The van der Waals surface area contributed by atoms with Gasteiger partial charge in [0.1, 0.15) is 18.1 Å². The van der Waals surface area contributed by atoms with Gasteiger partial charge in [0.2, 0.25) is 17.7 Å². The zero-order valence-corrected chi connectivity index (χ0v) is 17.8. The first-order chi connectivity index (χ1) is 14.9. The van der Waals surface area contributed by atoms with Gasteiger partial charge in [0, 0.05) is 6.42 Å². The van der Waals surface area contributed by atoms with Gasteiger partial charge in [-0.25, -0.2) is 4.79 Å². The van der Waals surface area contributed by atoms with Gasteiger partial charge in [-0.1, -0.05) is 0 Å². The van der Waals surface area contributed by atoms with Crippen molar-refractivity contribution in [2.24, 2.45) is 11.5 Å². The zero-order chi connectivity index (χ0) is 24.8. The smallest absolute Gasteiger partial charge is 0.328 e. The van der Waals surface area contributed by atoms with E-state index in [9.17, 15) is 29.1 Å². The van der Waals surface area contributed by atoms with E-state index in [2.05, 4.69) is 16.0 Å². The van der Waals surface area contributed by atoms with Crippen molar-refractivity contribution in [2.45, 2.75) is 69.3 Å². The lowest BCUT2D eigenvalue weighted by Crippen LogP contribution is -2.58. The minimum Gasteiger partial charge on any atom is -0.481 e. The number of aliphatic hydroxyl groups excluding tert-OH is 2.